The smallest absolute Gasteiger partial charge is 0.0465 e. The van der Waals surface area contributed by atoms with Gasteiger partial charge in [0.2, 0.25) is 0 Å². The Labute approximate surface area is 142 Å². The molecule has 2 rings (SSSR count). The molecule has 124 valence electrons. The molecule has 0 aliphatic carbocycles. The van der Waals surface area contributed by atoms with Gasteiger partial charge in [0.25, 0.3) is 0 Å². The van der Waals surface area contributed by atoms with E-state index < -0.39 is 0 Å². The fraction of sp³-hybridized carbons (Fsp3) is 0.400. The largest absolute Gasteiger partial charge is 0.385 e. The normalized spacial score (nSPS) is 11.4. The molecule has 23 heavy (non-hydrogen) atoms. The van der Waals surface area contributed by atoms with E-state index >= 15 is 0 Å². The Balaban J connectivity index is 2.18. The minimum atomic E-state index is 0.717. The summed E-state index contributed by atoms with van der Waals surface area (Å²) >= 11 is 0. The van der Waals surface area contributed by atoms with Gasteiger partial charge in [-0.2, -0.15) is 0 Å². The van der Waals surface area contributed by atoms with Gasteiger partial charge >= 0.3 is 0 Å². The Morgan fingerprint density at radius 3 is 2.17 bits per heavy atom. The molecular formula is C20H27O2P. The van der Waals surface area contributed by atoms with E-state index in [1.807, 2.05) is 0 Å². The van der Waals surface area contributed by atoms with Crippen LogP contribution in [0, 0.1) is 0 Å². The zero-order valence-electron chi connectivity index (χ0n) is 14.2. The van der Waals surface area contributed by atoms with Crippen LogP contribution in [0.2, 0.25) is 0 Å². The number of hydrogen-bond donors (Lipinski definition) is 0. The average molecular weight is 330 g/mol. The van der Waals surface area contributed by atoms with Crippen molar-refractivity contribution in [1.82, 2.24) is 0 Å². The first-order valence-electron chi connectivity index (χ1n) is 8.26. The molecule has 0 aliphatic rings. The van der Waals surface area contributed by atoms with Crippen LogP contribution in [0.5, 0.6) is 0 Å². The third kappa shape index (κ3) is 6.06. The van der Waals surface area contributed by atoms with Crippen LogP contribution in [-0.2, 0) is 22.3 Å². The van der Waals surface area contributed by atoms with Crippen LogP contribution in [0.3, 0.4) is 0 Å². The first-order chi connectivity index (χ1) is 11.3. The third-order valence-electron chi connectivity index (χ3n) is 3.90. The van der Waals surface area contributed by atoms with E-state index in [9.17, 15) is 0 Å². The first-order valence-corrected chi connectivity index (χ1v) is 9.26. The summed E-state index contributed by atoms with van der Waals surface area (Å²) in [7, 11) is 4.26. The predicted molar refractivity (Wildman–Crippen MR) is 101 cm³/mol. The van der Waals surface area contributed by atoms with Gasteiger partial charge in [-0.05, 0) is 47.4 Å². The number of methoxy groups -OCH3 is 2. The molecule has 0 spiro atoms. The highest BCUT2D eigenvalue weighted by molar-refractivity contribution is 7.55. The number of benzene rings is 2. The lowest BCUT2D eigenvalue weighted by Gasteiger charge is -2.15. The highest BCUT2D eigenvalue weighted by atomic mass is 31.1. The van der Waals surface area contributed by atoms with Crippen LogP contribution < -0.4 is 10.6 Å². The molecule has 0 amide bonds. The lowest BCUT2D eigenvalue weighted by atomic mass is 9.99. The molecule has 0 saturated heterocycles. The molecule has 0 radical (unpaired) electrons. The van der Waals surface area contributed by atoms with E-state index in [0.29, 0.717) is 0 Å². The standard InChI is InChI=1S/C20H27O2P/c1-21-15-7-10-17-9-6-14-20(19(17)13-8-16-22-2)23-18-11-4-3-5-12-18/h3-6,9,11-12,14,23H,7-8,10,13,15-16H2,1-2H3. The Morgan fingerprint density at radius 2 is 1.48 bits per heavy atom. The summed E-state index contributed by atoms with van der Waals surface area (Å²) in [6, 6.07) is 17.5. The summed E-state index contributed by atoms with van der Waals surface area (Å²) in [6.07, 6.45) is 4.32. The lowest BCUT2D eigenvalue weighted by molar-refractivity contribution is 0.194. The van der Waals surface area contributed by atoms with E-state index in [-0.39, 0.29) is 0 Å². The van der Waals surface area contributed by atoms with Crippen LogP contribution in [-0.4, -0.2) is 27.4 Å². The summed E-state index contributed by atoms with van der Waals surface area (Å²) in [4.78, 5) is 0. The van der Waals surface area contributed by atoms with E-state index in [1.165, 1.54) is 21.7 Å². The minimum absolute atomic E-state index is 0.717. The van der Waals surface area contributed by atoms with Gasteiger partial charge in [-0.1, -0.05) is 57.1 Å². The molecule has 0 aromatic heterocycles. The number of ether oxygens (including phenoxy) is 2. The molecule has 0 heterocycles. The van der Waals surface area contributed by atoms with Gasteiger partial charge in [-0.15, -0.1) is 0 Å². The molecule has 0 N–H and O–H groups in total. The maximum absolute atomic E-state index is 5.24. The monoisotopic (exact) mass is 330 g/mol. The minimum Gasteiger partial charge on any atom is -0.385 e. The summed E-state index contributed by atoms with van der Waals surface area (Å²) in [5.41, 5.74) is 2.99. The van der Waals surface area contributed by atoms with E-state index in [4.69, 9.17) is 9.47 Å². The molecule has 1 atom stereocenters. The van der Waals surface area contributed by atoms with Crippen LogP contribution in [0.15, 0.2) is 48.5 Å². The zero-order chi connectivity index (χ0) is 16.3. The van der Waals surface area contributed by atoms with Crippen LogP contribution in [0.1, 0.15) is 24.0 Å². The molecule has 0 bridgehead atoms. The second kappa shape index (κ2) is 10.5. The van der Waals surface area contributed by atoms with Gasteiger partial charge in [0.1, 0.15) is 0 Å². The number of hydrogen-bond acceptors (Lipinski definition) is 2. The van der Waals surface area contributed by atoms with Crippen molar-refractivity contribution in [2.45, 2.75) is 25.7 Å². The summed E-state index contributed by atoms with van der Waals surface area (Å²) < 4.78 is 10.5. The topological polar surface area (TPSA) is 18.5 Å². The maximum Gasteiger partial charge on any atom is 0.0465 e. The van der Waals surface area contributed by atoms with Crippen molar-refractivity contribution in [3.8, 4) is 0 Å². The lowest BCUT2D eigenvalue weighted by Crippen LogP contribution is -2.13. The van der Waals surface area contributed by atoms with Crippen LogP contribution >= 0.6 is 8.58 Å². The first kappa shape index (κ1) is 18.1. The molecular weight excluding hydrogens is 303 g/mol. The Bertz CT molecular complexity index is 569. The van der Waals surface area contributed by atoms with E-state index in [0.717, 1.165) is 47.5 Å². The highest BCUT2D eigenvalue weighted by Crippen LogP contribution is 2.20. The molecule has 0 saturated carbocycles. The van der Waals surface area contributed by atoms with Crippen molar-refractivity contribution < 1.29 is 9.47 Å². The number of aryl methyl sites for hydroxylation is 1. The maximum atomic E-state index is 5.24. The molecule has 3 heteroatoms. The van der Waals surface area contributed by atoms with Crippen molar-refractivity contribution >= 4 is 19.2 Å². The van der Waals surface area contributed by atoms with Crippen LogP contribution in [0.25, 0.3) is 0 Å². The zero-order valence-corrected chi connectivity index (χ0v) is 15.2. The molecule has 0 fully saturated rings. The highest BCUT2D eigenvalue weighted by Gasteiger charge is 2.09. The Morgan fingerprint density at radius 1 is 0.783 bits per heavy atom. The molecule has 2 nitrogen and oxygen atoms in total. The third-order valence-corrected chi connectivity index (χ3v) is 5.26. The second-order valence-corrected chi connectivity index (χ2v) is 6.99. The average Bonchev–Trinajstić information content (AvgIpc) is 2.58. The van der Waals surface area contributed by atoms with Gasteiger partial charge in [-0.3, -0.25) is 0 Å². The molecule has 0 aliphatic heterocycles. The fourth-order valence-electron chi connectivity index (χ4n) is 2.76. The quantitative estimate of drug-likeness (QED) is 0.490. The van der Waals surface area contributed by atoms with Crippen LogP contribution in [0.4, 0.5) is 0 Å². The SMILES string of the molecule is COCCCc1cccc(Pc2ccccc2)c1CCCOC. The fourth-order valence-corrected chi connectivity index (χ4v) is 4.04. The summed E-state index contributed by atoms with van der Waals surface area (Å²) in [6.45, 7) is 1.64. The van der Waals surface area contributed by atoms with Gasteiger partial charge in [0.15, 0.2) is 0 Å². The van der Waals surface area contributed by atoms with E-state index in [2.05, 4.69) is 48.5 Å². The van der Waals surface area contributed by atoms with Crippen molar-refractivity contribution in [3.05, 3.63) is 59.7 Å². The summed E-state index contributed by atoms with van der Waals surface area (Å²) in [5, 5.41) is 2.87. The van der Waals surface area contributed by atoms with Crippen molar-refractivity contribution in [3.63, 3.8) is 0 Å². The van der Waals surface area contributed by atoms with Crippen molar-refractivity contribution in [2.24, 2.45) is 0 Å². The van der Waals surface area contributed by atoms with Gasteiger partial charge in [0.05, 0.1) is 0 Å². The molecule has 1 unspecified atom stereocenters. The van der Waals surface area contributed by atoms with E-state index in [1.54, 1.807) is 14.2 Å². The van der Waals surface area contributed by atoms with Crippen molar-refractivity contribution in [1.29, 1.82) is 0 Å². The molecule has 2 aromatic rings. The van der Waals surface area contributed by atoms with Gasteiger partial charge in [0, 0.05) is 27.4 Å². The van der Waals surface area contributed by atoms with Gasteiger partial charge < -0.3 is 9.47 Å². The van der Waals surface area contributed by atoms with Gasteiger partial charge in [-0.25, -0.2) is 0 Å². The Hall–Kier alpha value is -1.21. The summed E-state index contributed by atoms with van der Waals surface area (Å²) in [5.74, 6) is 0. The van der Waals surface area contributed by atoms with Crippen molar-refractivity contribution in [2.75, 3.05) is 27.4 Å². The number of rotatable bonds is 10. The molecule has 2 aromatic carbocycles. The predicted octanol–water partition coefficient (Wildman–Crippen LogP) is 3.47. The second-order valence-electron chi connectivity index (χ2n) is 5.63. The Kier molecular flexibility index (Phi) is 8.31.